The highest BCUT2D eigenvalue weighted by molar-refractivity contribution is 4.91. The summed E-state index contributed by atoms with van der Waals surface area (Å²) in [4.78, 5) is 0. The number of hydrogen-bond donors (Lipinski definition) is 0. The molecule has 0 fully saturated rings. The Hall–Kier alpha value is -0.520. The normalized spacial score (nSPS) is 26.1. The van der Waals surface area contributed by atoms with Crippen molar-refractivity contribution in [3.63, 3.8) is 0 Å². The van der Waals surface area contributed by atoms with Crippen molar-refractivity contribution in [3.05, 3.63) is 17.9 Å². The van der Waals surface area contributed by atoms with E-state index in [1.165, 1.54) is 0 Å². The molecule has 0 spiro atoms. The molecule has 1 aliphatic carbocycles. The van der Waals surface area contributed by atoms with Gasteiger partial charge in [-0.2, -0.15) is 0 Å². The molecular formula is C8H12O. The number of methoxy groups -OCH3 is 1. The van der Waals surface area contributed by atoms with Gasteiger partial charge in [0.05, 0.1) is 6.10 Å². The fraction of sp³-hybridized carbons (Fsp3) is 0.625. The van der Waals surface area contributed by atoms with Crippen LogP contribution in [-0.2, 0) is 4.74 Å². The fourth-order valence-electron chi connectivity index (χ4n) is 0.967. The van der Waals surface area contributed by atoms with Gasteiger partial charge < -0.3 is 4.74 Å². The van der Waals surface area contributed by atoms with Gasteiger partial charge in [0.1, 0.15) is 0 Å². The molecule has 0 N–H and O–H groups in total. The quantitative estimate of drug-likeness (QED) is 0.485. The lowest BCUT2D eigenvalue weighted by Gasteiger charge is -2.08. The summed E-state index contributed by atoms with van der Waals surface area (Å²) in [7, 11) is 1.77. The van der Waals surface area contributed by atoms with Gasteiger partial charge in [-0.3, -0.25) is 0 Å². The zero-order valence-corrected chi connectivity index (χ0v) is 5.76. The van der Waals surface area contributed by atoms with Crippen molar-refractivity contribution < 1.29 is 4.74 Å². The Morgan fingerprint density at radius 3 is 3.22 bits per heavy atom. The summed E-state index contributed by atoms with van der Waals surface area (Å²) in [5, 5.41) is 0. The van der Waals surface area contributed by atoms with Gasteiger partial charge in [-0.1, -0.05) is 0 Å². The van der Waals surface area contributed by atoms with Gasteiger partial charge in [0.25, 0.3) is 0 Å². The molecule has 0 heterocycles. The van der Waals surface area contributed by atoms with Crippen LogP contribution in [0.3, 0.4) is 0 Å². The van der Waals surface area contributed by atoms with Crippen LogP contribution < -0.4 is 0 Å². The average Bonchev–Trinajstić information content (AvgIpc) is 2.13. The summed E-state index contributed by atoms with van der Waals surface area (Å²) in [5.74, 6) is 0. The first kappa shape index (κ1) is 6.60. The minimum Gasteiger partial charge on any atom is -0.381 e. The predicted octanol–water partition coefficient (Wildman–Crippen LogP) is 1.90. The van der Waals surface area contributed by atoms with Crippen LogP contribution in [0, 0.1) is 0 Å². The number of hydrogen-bond acceptors (Lipinski definition) is 1. The molecule has 0 aromatic rings. The molecule has 1 heteroatoms. The van der Waals surface area contributed by atoms with E-state index < -0.39 is 0 Å². The maximum Gasteiger partial charge on any atom is 0.0615 e. The molecule has 1 atom stereocenters. The molecule has 50 valence electrons. The molecule has 0 amide bonds. The SMILES string of the molecule is COC1CC=C=CCC1. The van der Waals surface area contributed by atoms with Crippen molar-refractivity contribution in [3.8, 4) is 0 Å². The van der Waals surface area contributed by atoms with Crippen molar-refractivity contribution >= 4 is 0 Å². The molecule has 0 bridgehead atoms. The topological polar surface area (TPSA) is 9.23 Å². The van der Waals surface area contributed by atoms with E-state index in [-0.39, 0.29) is 0 Å². The van der Waals surface area contributed by atoms with E-state index in [1.54, 1.807) is 7.11 Å². The fourth-order valence-corrected chi connectivity index (χ4v) is 0.967. The number of ether oxygens (including phenoxy) is 1. The van der Waals surface area contributed by atoms with Crippen LogP contribution in [0.5, 0.6) is 0 Å². The lowest BCUT2D eigenvalue weighted by atomic mass is 10.2. The molecule has 0 radical (unpaired) electrons. The Morgan fingerprint density at radius 1 is 1.56 bits per heavy atom. The third kappa shape index (κ3) is 2.05. The highest BCUT2D eigenvalue weighted by atomic mass is 16.5. The molecule has 0 saturated carbocycles. The summed E-state index contributed by atoms with van der Waals surface area (Å²) < 4.78 is 5.18. The van der Waals surface area contributed by atoms with E-state index in [1.807, 2.05) is 6.08 Å². The second-order valence-electron chi connectivity index (χ2n) is 2.25. The molecule has 1 nitrogen and oxygen atoms in total. The first-order valence-corrected chi connectivity index (χ1v) is 3.35. The summed E-state index contributed by atoms with van der Waals surface area (Å²) >= 11 is 0. The molecule has 0 aromatic heterocycles. The molecule has 1 aliphatic rings. The van der Waals surface area contributed by atoms with Crippen molar-refractivity contribution in [2.24, 2.45) is 0 Å². The second kappa shape index (κ2) is 3.49. The van der Waals surface area contributed by atoms with Gasteiger partial charge in [-0.25, -0.2) is 0 Å². The van der Waals surface area contributed by atoms with Crippen LogP contribution >= 0.6 is 0 Å². The Labute approximate surface area is 56.0 Å². The summed E-state index contributed by atoms with van der Waals surface area (Å²) in [5.41, 5.74) is 3.08. The Kier molecular flexibility index (Phi) is 2.56. The summed E-state index contributed by atoms with van der Waals surface area (Å²) in [6.07, 6.45) is 7.80. The van der Waals surface area contributed by atoms with Gasteiger partial charge in [0, 0.05) is 7.11 Å². The molecule has 0 aliphatic heterocycles. The van der Waals surface area contributed by atoms with Crippen LogP contribution in [0.15, 0.2) is 17.9 Å². The van der Waals surface area contributed by atoms with Crippen LogP contribution in [0.1, 0.15) is 19.3 Å². The smallest absolute Gasteiger partial charge is 0.0615 e. The molecular weight excluding hydrogens is 112 g/mol. The van der Waals surface area contributed by atoms with Crippen molar-refractivity contribution in [1.82, 2.24) is 0 Å². The summed E-state index contributed by atoms with van der Waals surface area (Å²) in [6, 6.07) is 0. The first-order chi connectivity index (χ1) is 4.43. The molecule has 1 rings (SSSR count). The standard InChI is InChI=1S/C8H12O/c1-9-8-6-4-2-3-5-7-8/h2,5,8H,4,6-7H2,1H3. The molecule has 1 unspecified atom stereocenters. The minimum absolute atomic E-state index is 0.427. The van der Waals surface area contributed by atoms with Gasteiger partial charge >= 0.3 is 0 Å². The van der Waals surface area contributed by atoms with Crippen molar-refractivity contribution in [2.45, 2.75) is 25.4 Å². The number of rotatable bonds is 1. The Bertz CT molecular complexity index is 132. The highest BCUT2D eigenvalue weighted by Gasteiger charge is 2.03. The maximum absolute atomic E-state index is 5.18. The lowest BCUT2D eigenvalue weighted by Crippen LogP contribution is -2.07. The largest absolute Gasteiger partial charge is 0.381 e. The van der Waals surface area contributed by atoms with E-state index in [0.29, 0.717) is 6.10 Å². The van der Waals surface area contributed by atoms with Gasteiger partial charge in [-0.15, -0.1) is 5.73 Å². The van der Waals surface area contributed by atoms with Gasteiger partial charge in [0.2, 0.25) is 0 Å². The lowest BCUT2D eigenvalue weighted by molar-refractivity contribution is 0.0994. The maximum atomic E-state index is 5.18. The third-order valence-corrected chi connectivity index (χ3v) is 1.58. The molecule has 0 saturated heterocycles. The highest BCUT2D eigenvalue weighted by Crippen LogP contribution is 2.09. The van der Waals surface area contributed by atoms with E-state index in [0.717, 1.165) is 19.3 Å². The van der Waals surface area contributed by atoms with Crippen LogP contribution in [0.25, 0.3) is 0 Å². The minimum atomic E-state index is 0.427. The van der Waals surface area contributed by atoms with Gasteiger partial charge in [-0.05, 0) is 31.4 Å². The van der Waals surface area contributed by atoms with Crippen LogP contribution in [-0.4, -0.2) is 13.2 Å². The van der Waals surface area contributed by atoms with E-state index >= 15 is 0 Å². The van der Waals surface area contributed by atoms with E-state index in [9.17, 15) is 0 Å². The van der Waals surface area contributed by atoms with Gasteiger partial charge in [0.15, 0.2) is 0 Å². The van der Waals surface area contributed by atoms with E-state index in [2.05, 4.69) is 11.8 Å². The van der Waals surface area contributed by atoms with Crippen molar-refractivity contribution in [1.29, 1.82) is 0 Å². The Balaban J connectivity index is 2.38. The monoisotopic (exact) mass is 124 g/mol. The Morgan fingerprint density at radius 2 is 2.44 bits per heavy atom. The molecule has 0 aromatic carbocycles. The zero-order chi connectivity index (χ0) is 6.53. The summed E-state index contributed by atoms with van der Waals surface area (Å²) in [6.45, 7) is 0. The second-order valence-corrected chi connectivity index (χ2v) is 2.25. The predicted molar refractivity (Wildman–Crippen MR) is 37.3 cm³/mol. The van der Waals surface area contributed by atoms with E-state index in [4.69, 9.17) is 4.74 Å². The van der Waals surface area contributed by atoms with Crippen LogP contribution in [0.2, 0.25) is 0 Å². The average molecular weight is 124 g/mol. The van der Waals surface area contributed by atoms with Crippen LogP contribution in [0.4, 0.5) is 0 Å². The third-order valence-electron chi connectivity index (χ3n) is 1.58. The molecule has 9 heavy (non-hydrogen) atoms. The first-order valence-electron chi connectivity index (χ1n) is 3.35. The van der Waals surface area contributed by atoms with Crippen molar-refractivity contribution in [2.75, 3.05) is 7.11 Å². The zero-order valence-electron chi connectivity index (χ0n) is 5.76.